The Kier molecular flexibility index (Phi) is 4.55. The second-order valence-electron chi connectivity index (χ2n) is 3.98. The summed E-state index contributed by atoms with van der Waals surface area (Å²) >= 11 is 1.69. The standard InChI is InChI=1S/C13H16N2O2S/c1-14-13(16)10-15(8-11-4-2-6-17-11)9-12-5-3-7-18-12/h2-7H,8-10H2,1H3,(H,14,16). The molecule has 2 aromatic rings. The first-order valence-electron chi connectivity index (χ1n) is 5.75. The third-order valence-corrected chi connectivity index (χ3v) is 3.43. The van der Waals surface area contributed by atoms with Crippen LogP contribution >= 0.6 is 11.3 Å². The van der Waals surface area contributed by atoms with Gasteiger partial charge in [0.2, 0.25) is 5.91 Å². The molecule has 1 N–H and O–H groups in total. The number of thiophene rings is 1. The van der Waals surface area contributed by atoms with Crippen molar-refractivity contribution >= 4 is 17.2 Å². The number of amides is 1. The zero-order valence-corrected chi connectivity index (χ0v) is 11.1. The summed E-state index contributed by atoms with van der Waals surface area (Å²) in [5.74, 6) is 0.883. The average molecular weight is 264 g/mol. The Labute approximate surface area is 110 Å². The topological polar surface area (TPSA) is 45.5 Å². The van der Waals surface area contributed by atoms with Crippen molar-refractivity contribution in [3.63, 3.8) is 0 Å². The molecule has 18 heavy (non-hydrogen) atoms. The first kappa shape index (κ1) is 12.9. The van der Waals surface area contributed by atoms with Crippen molar-refractivity contribution in [3.8, 4) is 0 Å². The molecule has 0 aliphatic heterocycles. The van der Waals surface area contributed by atoms with Gasteiger partial charge in [-0.3, -0.25) is 9.69 Å². The fourth-order valence-corrected chi connectivity index (χ4v) is 2.44. The summed E-state index contributed by atoms with van der Waals surface area (Å²) in [5, 5.41) is 4.69. The number of hydrogen-bond acceptors (Lipinski definition) is 4. The molecule has 0 saturated carbocycles. The van der Waals surface area contributed by atoms with Crippen molar-refractivity contribution < 1.29 is 9.21 Å². The van der Waals surface area contributed by atoms with Gasteiger partial charge in [0.1, 0.15) is 5.76 Å². The first-order valence-corrected chi connectivity index (χ1v) is 6.63. The fraction of sp³-hybridized carbons (Fsp3) is 0.308. The highest BCUT2D eigenvalue weighted by atomic mass is 32.1. The van der Waals surface area contributed by atoms with E-state index in [1.807, 2.05) is 23.6 Å². The zero-order chi connectivity index (χ0) is 12.8. The number of rotatable bonds is 6. The smallest absolute Gasteiger partial charge is 0.233 e. The summed E-state index contributed by atoms with van der Waals surface area (Å²) in [6.07, 6.45) is 1.65. The van der Waals surface area contributed by atoms with Crippen molar-refractivity contribution in [2.24, 2.45) is 0 Å². The second kappa shape index (κ2) is 6.37. The van der Waals surface area contributed by atoms with Crippen LogP contribution in [-0.4, -0.2) is 24.4 Å². The molecule has 0 aliphatic carbocycles. The van der Waals surface area contributed by atoms with Crippen LogP contribution < -0.4 is 5.32 Å². The lowest BCUT2D eigenvalue weighted by Gasteiger charge is -2.19. The summed E-state index contributed by atoms with van der Waals surface area (Å²) in [4.78, 5) is 14.8. The molecule has 4 nitrogen and oxygen atoms in total. The molecular weight excluding hydrogens is 248 g/mol. The van der Waals surface area contributed by atoms with Crippen LogP contribution in [-0.2, 0) is 17.9 Å². The zero-order valence-electron chi connectivity index (χ0n) is 10.3. The van der Waals surface area contributed by atoms with Gasteiger partial charge < -0.3 is 9.73 Å². The van der Waals surface area contributed by atoms with Gasteiger partial charge in [-0.25, -0.2) is 0 Å². The molecular formula is C13H16N2O2S. The van der Waals surface area contributed by atoms with Crippen molar-refractivity contribution in [1.29, 1.82) is 0 Å². The molecule has 2 heterocycles. The monoisotopic (exact) mass is 264 g/mol. The SMILES string of the molecule is CNC(=O)CN(Cc1ccco1)Cc1cccs1. The van der Waals surface area contributed by atoms with Gasteiger partial charge in [0.15, 0.2) is 0 Å². The molecule has 0 aliphatic rings. The highest BCUT2D eigenvalue weighted by molar-refractivity contribution is 7.09. The molecule has 0 atom stereocenters. The van der Waals surface area contributed by atoms with E-state index < -0.39 is 0 Å². The highest BCUT2D eigenvalue weighted by Gasteiger charge is 2.12. The third kappa shape index (κ3) is 3.72. The maximum absolute atomic E-state index is 11.5. The van der Waals surface area contributed by atoms with Crippen LogP contribution in [0.1, 0.15) is 10.6 Å². The van der Waals surface area contributed by atoms with E-state index in [2.05, 4.69) is 16.3 Å². The number of hydrogen-bond donors (Lipinski definition) is 1. The van der Waals surface area contributed by atoms with Crippen LogP contribution in [0, 0.1) is 0 Å². The van der Waals surface area contributed by atoms with Crippen LogP contribution in [0.25, 0.3) is 0 Å². The van der Waals surface area contributed by atoms with E-state index in [4.69, 9.17) is 4.42 Å². The van der Waals surface area contributed by atoms with Gasteiger partial charge in [0.05, 0.1) is 19.4 Å². The minimum atomic E-state index is 0.0121. The Morgan fingerprint density at radius 2 is 2.28 bits per heavy atom. The van der Waals surface area contributed by atoms with Gasteiger partial charge in [-0.1, -0.05) is 6.07 Å². The largest absolute Gasteiger partial charge is 0.468 e. The Bertz CT molecular complexity index is 429. The number of nitrogens with zero attached hydrogens (tertiary/aromatic N) is 1. The second-order valence-corrected chi connectivity index (χ2v) is 5.01. The minimum absolute atomic E-state index is 0.0121. The number of furan rings is 1. The maximum Gasteiger partial charge on any atom is 0.233 e. The summed E-state index contributed by atoms with van der Waals surface area (Å²) < 4.78 is 5.33. The van der Waals surface area contributed by atoms with Crippen LogP contribution in [0.5, 0.6) is 0 Å². The fourth-order valence-electron chi connectivity index (χ4n) is 1.70. The Balaban J connectivity index is 2.00. The van der Waals surface area contributed by atoms with E-state index in [-0.39, 0.29) is 5.91 Å². The lowest BCUT2D eigenvalue weighted by molar-refractivity contribution is -0.122. The van der Waals surface area contributed by atoms with Crippen LogP contribution in [0.3, 0.4) is 0 Å². The minimum Gasteiger partial charge on any atom is -0.468 e. The van der Waals surface area contributed by atoms with Gasteiger partial charge in [-0.2, -0.15) is 0 Å². The molecule has 0 fully saturated rings. The van der Waals surface area contributed by atoms with Crippen LogP contribution in [0.15, 0.2) is 40.3 Å². The highest BCUT2D eigenvalue weighted by Crippen LogP contribution is 2.14. The molecule has 96 valence electrons. The van der Waals surface area contributed by atoms with Gasteiger partial charge >= 0.3 is 0 Å². The Hall–Kier alpha value is -1.59. The lowest BCUT2D eigenvalue weighted by Crippen LogP contribution is -2.34. The summed E-state index contributed by atoms with van der Waals surface area (Å²) in [7, 11) is 1.65. The van der Waals surface area contributed by atoms with E-state index in [0.29, 0.717) is 13.1 Å². The molecule has 0 aromatic carbocycles. The summed E-state index contributed by atoms with van der Waals surface area (Å²) in [5.41, 5.74) is 0. The van der Waals surface area contributed by atoms with E-state index in [9.17, 15) is 4.79 Å². The molecule has 0 spiro atoms. The molecule has 0 radical (unpaired) electrons. The lowest BCUT2D eigenvalue weighted by atomic mass is 10.3. The van der Waals surface area contributed by atoms with Crippen molar-refractivity contribution in [2.45, 2.75) is 13.1 Å². The predicted octanol–water partition coefficient (Wildman–Crippen LogP) is 2.09. The molecule has 2 aromatic heterocycles. The Morgan fingerprint density at radius 1 is 1.39 bits per heavy atom. The van der Waals surface area contributed by atoms with E-state index in [0.717, 1.165) is 12.3 Å². The number of nitrogens with one attached hydrogen (secondary N) is 1. The van der Waals surface area contributed by atoms with Crippen molar-refractivity contribution in [2.75, 3.05) is 13.6 Å². The summed E-state index contributed by atoms with van der Waals surface area (Å²) in [6.45, 7) is 1.76. The van der Waals surface area contributed by atoms with Crippen molar-refractivity contribution in [3.05, 3.63) is 46.5 Å². The van der Waals surface area contributed by atoms with Crippen LogP contribution in [0.4, 0.5) is 0 Å². The van der Waals surface area contributed by atoms with Gasteiger partial charge in [-0.15, -0.1) is 11.3 Å². The van der Waals surface area contributed by atoms with E-state index in [1.165, 1.54) is 4.88 Å². The summed E-state index contributed by atoms with van der Waals surface area (Å²) in [6, 6.07) is 7.87. The number of likely N-dealkylation sites (N-methyl/N-ethyl adjacent to an activating group) is 1. The molecule has 0 bridgehead atoms. The van der Waals surface area contributed by atoms with E-state index >= 15 is 0 Å². The van der Waals surface area contributed by atoms with Crippen LogP contribution in [0.2, 0.25) is 0 Å². The molecule has 0 unspecified atom stereocenters. The maximum atomic E-state index is 11.5. The predicted molar refractivity (Wildman–Crippen MR) is 71.2 cm³/mol. The normalized spacial score (nSPS) is 10.8. The van der Waals surface area contributed by atoms with E-state index in [1.54, 1.807) is 24.6 Å². The molecule has 0 saturated heterocycles. The average Bonchev–Trinajstić information content (AvgIpc) is 3.02. The first-order chi connectivity index (χ1) is 8.78. The van der Waals surface area contributed by atoms with Gasteiger partial charge in [0.25, 0.3) is 0 Å². The molecule has 5 heteroatoms. The third-order valence-electron chi connectivity index (χ3n) is 2.57. The Morgan fingerprint density at radius 3 is 2.89 bits per heavy atom. The molecule has 2 rings (SSSR count). The quantitative estimate of drug-likeness (QED) is 0.869. The number of carbonyl (C=O) groups excluding carboxylic acids is 1. The molecule has 1 amide bonds. The number of carbonyl (C=O) groups is 1. The van der Waals surface area contributed by atoms with Crippen molar-refractivity contribution in [1.82, 2.24) is 10.2 Å². The van der Waals surface area contributed by atoms with Gasteiger partial charge in [0, 0.05) is 18.5 Å². The van der Waals surface area contributed by atoms with Gasteiger partial charge in [-0.05, 0) is 23.6 Å².